The van der Waals surface area contributed by atoms with Crippen LogP contribution in [0.2, 0.25) is 0 Å². The van der Waals surface area contributed by atoms with Gasteiger partial charge in [-0.3, -0.25) is 0 Å². The van der Waals surface area contributed by atoms with Crippen LogP contribution in [0, 0.1) is 0 Å². The summed E-state index contributed by atoms with van der Waals surface area (Å²) in [6, 6.07) is 63.0. The molecule has 0 spiro atoms. The average Bonchev–Trinajstić information content (AvgIpc) is 3.28. The molecule has 0 radical (unpaired) electrons. The molecule has 0 aliphatic heterocycles. The lowest BCUT2D eigenvalue weighted by Crippen LogP contribution is -2.33. The molecule has 10 rings (SSSR count). The maximum atomic E-state index is 5.13. The number of benzene rings is 8. The van der Waals surface area contributed by atoms with Gasteiger partial charge in [-0.15, -0.1) is 0 Å². The van der Waals surface area contributed by atoms with Crippen LogP contribution in [0.4, 0.5) is 0 Å². The third-order valence-corrected chi connectivity index (χ3v) is 12.4. The van der Waals surface area contributed by atoms with Crippen molar-refractivity contribution in [3.63, 3.8) is 0 Å². The molecule has 1 heterocycles. The monoisotopic (exact) mass is 747 g/mol. The van der Waals surface area contributed by atoms with E-state index in [2.05, 4.69) is 198 Å². The van der Waals surface area contributed by atoms with Gasteiger partial charge in [0.2, 0.25) is 0 Å². The first kappa shape index (κ1) is 35.7. The Labute approximate surface area is 341 Å². The second-order valence-electron chi connectivity index (χ2n) is 17.1. The van der Waals surface area contributed by atoms with Crippen LogP contribution in [0.3, 0.4) is 0 Å². The van der Waals surface area contributed by atoms with E-state index >= 15 is 0 Å². The van der Waals surface area contributed by atoms with E-state index in [0.717, 1.165) is 27.8 Å². The van der Waals surface area contributed by atoms with Crippen LogP contribution in [0.1, 0.15) is 51.7 Å². The predicted molar refractivity (Wildman–Crippen MR) is 243 cm³/mol. The van der Waals surface area contributed by atoms with E-state index in [1.165, 1.54) is 67.8 Å². The van der Waals surface area contributed by atoms with E-state index < -0.39 is 0 Å². The summed E-state index contributed by atoms with van der Waals surface area (Å²) in [5.74, 6) is 1.94. The second-order valence-corrected chi connectivity index (χ2v) is 17.1. The molecule has 0 saturated carbocycles. The van der Waals surface area contributed by atoms with E-state index in [1.807, 2.05) is 6.07 Å². The Kier molecular flexibility index (Phi) is 8.64. The summed E-state index contributed by atoms with van der Waals surface area (Å²) in [6.45, 7) is 9.53. The Morgan fingerprint density at radius 2 is 0.741 bits per heavy atom. The fourth-order valence-electron chi connectivity index (χ4n) is 8.88. The molecule has 280 valence electrons. The van der Waals surface area contributed by atoms with Gasteiger partial charge in [0, 0.05) is 16.7 Å². The lowest BCUT2D eigenvalue weighted by molar-refractivity contribution is 0.332. The Morgan fingerprint density at radius 3 is 1.33 bits per heavy atom. The smallest absolute Gasteiger partial charge is 0.164 e. The normalized spacial score (nSPS) is 14.3. The van der Waals surface area contributed by atoms with Crippen molar-refractivity contribution in [3.8, 4) is 67.5 Å². The number of hydrogen-bond acceptors (Lipinski definition) is 3. The molecular weight excluding hydrogens is 703 g/mol. The predicted octanol–water partition coefficient (Wildman–Crippen LogP) is 14.5. The first-order chi connectivity index (χ1) is 28.2. The van der Waals surface area contributed by atoms with Crippen molar-refractivity contribution in [3.05, 3.63) is 187 Å². The van der Waals surface area contributed by atoms with Crippen LogP contribution >= 0.6 is 0 Å². The maximum Gasteiger partial charge on any atom is 0.164 e. The molecule has 0 atom stereocenters. The van der Waals surface area contributed by atoms with Crippen LogP contribution in [0.15, 0.2) is 176 Å². The van der Waals surface area contributed by atoms with Crippen LogP contribution in [0.5, 0.6) is 0 Å². The van der Waals surface area contributed by atoms with Gasteiger partial charge in [-0.2, -0.15) is 0 Å². The van der Waals surface area contributed by atoms with Crippen molar-refractivity contribution in [1.29, 1.82) is 0 Å². The minimum absolute atomic E-state index is 0.152. The van der Waals surface area contributed by atoms with E-state index in [1.54, 1.807) is 0 Å². The largest absolute Gasteiger partial charge is 0.208 e. The summed E-state index contributed by atoms with van der Waals surface area (Å²) in [6.07, 6.45) is 2.40. The first-order valence-corrected chi connectivity index (χ1v) is 20.4. The molecule has 9 aromatic rings. The van der Waals surface area contributed by atoms with Gasteiger partial charge in [-0.05, 0) is 95.8 Å². The first-order valence-electron chi connectivity index (χ1n) is 20.4. The van der Waals surface area contributed by atoms with Gasteiger partial charge in [-0.25, -0.2) is 15.0 Å². The molecule has 3 nitrogen and oxygen atoms in total. The number of aromatic nitrogens is 3. The maximum absolute atomic E-state index is 5.13. The number of hydrogen-bond donors (Lipinski definition) is 0. The Bertz CT molecular complexity index is 2960. The van der Waals surface area contributed by atoms with Gasteiger partial charge in [-0.1, -0.05) is 198 Å². The quantitative estimate of drug-likeness (QED) is 0.159. The highest BCUT2D eigenvalue weighted by Crippen LogP contribution is 2.47. The van der Waals surface area contributed by atoms with Crippen LogP contribution in [-0.2, 0) is 10.8 Å². The zero-order valence-electron chi connectivity index (χ0n) is 33.5. The van der Waals surface area contributed by atoms with Crippen molar-refractivity contribution in [2.45, 2.75) is 51.4 Å². The topological polar surface area (TPSA) is 38.7 Å². The van der Waals surface area contributed by atoms with Gasteiger partial charge < -0.3 is 0 Å². The van der Waals surface area contributed by atoms with Gasteiger partial charge >= 0.3 is 0 Å². The summed E-state index contributed by atoms with van der Waals surface area (Å²) in [5.41, 5.74) is 13.2. The molecule has 58 heavy (non-hydrogen) atoms. The van der Waals surface area contributed by atoms with Gasteiger partial charge in [0.25, 0.3) is 0 Å². The minimum atomic E-state index is 0.152. The molecule has 1 aliphatic rings. The zero-order chi connectivity index (χ0) is 39.4. The Morgan fingerprint density at radius 1 is 0.328 bits per heavy atom. The molecule has 0 fully saturated rings. The van der Waals surface area contributed by atoms with Crippen molar-refractivity contribution >= 4 is 21.5 Å². The number of rotatable bonds is 6. The minimum Gasteiger partial charge on any atom is -0.208 e. The van der Waals surface area contributed by atoms with Crippen molar-refractivity contribution in [1.82, 2.24) is 15.0 Å². The molecule has 1 aromatic heterocycles. The van der Waals surface area contributed by atoms with Crippen LogP contribution in [-0.4, -0.2) is 15.0 Å². The summed E-state index contributed by atoms with van der Waals surface area (Å²) < 4.78 is 0. The van der Waals surface area contributed by atoms with Crippen molar-refractivity contribution in [2.24, 2.45) is 0 Å². The second kappa shape index (κ2) is 14.0. The fraction of sp³-hybridized carbons (Fsp3) is 0.145. The lowest BCUT2D eigenvalue weighted by atomic mass is 9.63. The summed E-state index contributed by atoms with van der Waals surface area (Å²) >= 11 is 0. The summed E-state index contributed by atoms with van der Waals surface area (Å²) in [7, 11) is 0. The fourth-order valence-corrected chi connectivity index (χ4v) is 8.88. The lowest BCUT2D eigenvalue weighted by Gasteiger charge is -2.42. The molecule has 1 aliphatic carbocycles. The molecule has 0 bridgehead atoms. The van der Waals surface area contributed by atoms with Crippen LogP contribution in [0.25, 0.3) is 89.1 Å². The molecule has 0 N–H and O–H groups in total. The highest BCUT2D eigenvalue weighted by molar-refractivity contribution is 6.13. The molecule has 0 unspecified atom stereocenters. The van der Waals surface area contributed by atoms with Crippen LogP contribution < -0.4 is 0 Å². The zero-order valence-corrected chi connectivity index (χ0v) is 33.5. The van der Waals surface area contributed by atoms with Gasteiger partial charge in [0.15, 0.2) is 17.5 Å². The summed E-state index contributed by atoms with van der Waals surface area (Å²) in [5, 5.41) is 5.00. The highest BCUT2D eigenvalue weighted by atomic mass is 15.0. The average molecular weight is 748 g/mol. The molecule has 0 saturated heterocycles. The third kappa shape index (κ3) is 6.47. The SMILES string of the molecule is CC1(C)CCC(C)(C)c2cc(-c3ccc(-c4nc(-c5ccc(-c6ccccc6)cc5)nc(-c5ccc(-c6cc7ccccc7c7ccccc67)cc5)n4)cc3)ccc21. The standard InChI is InChI=1S/C55H45N3/c1-54(2)32-33-55(3,4)50-35-43(30-31-49(50)54)38-20-26-41(27-21-38)52-56-51(40-24-18-37(19-25-40)36-12-6-5-7-13-36)57-53(58-52)42-28-22-39(23-29-42)48-34-44-14-8-9-15-45(44)46-16-10-11-17-47(46)48/h5-31,34-35H,32-33H2,1-4H3. The van der Waals surface area contributed by atoms with E-state index in [4.69, 9.17) is 15.0 Å². The summed E-state index contributed by atoms with van der Waals surface area (Å²) in [4.78, 5) is 15.3. The molecule has 0 amide bonds. The third-order valence-electron chi connectivity index (χ3n) is 12.4. The highest BCUT2D eigenvalue weighted by Gasteiger charge is 2.37. The Hall–Kier alpha value is -6.71. The van der Waals surface area contributed by atoms with E-state index in [9.17, 15) is 0 Å². The van der Waals surface area contributed by atoms with Gasteiger partial charge in [0.05, 0.1) is 0 Å². The number of fused-ring (bicyclic) bond motifs is 4. The Balaban J connectivity index is 1.04. The van der Waals surface area contributed by atoms with Crippen molar-refractivity contribution in [2.75, 3.05) is 0 Å². The van der Waals surface area contributed by atoms with E-state index in [-0.39, 0.29) is 10.8 Å². The van der Waals surface area contributed by atoms with Gasteiger partial charge in [0.1, 0.15) is 0 Å². The molecule has 8 aromatic carbocycles. The molecule has 3 heteroatoms. The van der Waals surface area contributed by atoms with E-state index in [0.29, 0.717) is 17.5 Å². The van der Waals surface area contributed by atoms with Crippen molar-refractivity contribution < 1.29 is 0 Å². The number of nitrogens with zero attached hydrogens (tertiary/aromatic N) is 3. The molecular formula is C55H45N3.